The molecule has 0 aromatic heterocycles. The van der Waals surface area contributed by atoms with Crippen molar-refractivity contribution in [2.45, 2.75) is 206 Å². The van der Waals surface area contributed by atoms with Crippen LogP contribution in [0.5, 0.6) is 0 Å². The quantitative estimate of drug-likeness (QED) is 0.0271. The number of ether oxygens (including phenoxy) is 2. The lowest BCUT2D eigenvalue weighted by atomic mass is 10.1. The van der Waals surface area contributed by atoms with Crippen molar-refractivity contribution < 1.29 is 32.8 Å². The molecule has 3 N–H and O–H groups in total. The van der Waals surface area contributed by atoms with E-state index in [0.29, 0.717) is 13.0 Å². The fourth-order valence-corrected chi connectivity index (χ4v) is 6.87. The zero-order chi connectivity index (χ0) is 40.2. The van der Waals surface area contributed by atoms with E-state index in [-0.39, 0.29) is 32.3 Å². The summed E-state index contributed by atoms with van der Waals surface area (Å²) in [7, 11) is -4.28. The van der Waals surface area contributed by atoms with Gasteiger partial charge in [0.15, 0.2) is 0 Å². The molecule has 0 bridgehead atoms. The van der Waals surface area contributed by atoms with Crippen LogP contribution < -0.4 is 5.73 Å². The second-order valence-corrected chi connectivity index (χ2v) is 16.4. The maximum absolute atomic E-state index is 12.6. The second kappa shape index (κ2) is 43.6. The van der Waals surface area contributed by atoms with Gasteiger partial charge in [0.1, 0.15) is 6.10 Å². The van der Waals surface area contributed by atoms with Gasteiger partial charge < -0.3 is 20.1 Å². The highest BCUT2D eigenvalue weighted by atomic mass is 31.2. The minimum Gasteiger partial charge on any atom is -0.457 e. The van der Waals surface area contributed by atoms with Gasteiger partial charge in [0.05, 0.1) is 19.8 Å². The third-order valence-corrected chi connectivity index (χ3v) is 10.5. The summed E-state index contributed by atoms with van der Waals surface area (Å²) in [5.41, 5.74) is 5.37. The predicted octanol–water partition coefficient (Wildman–Crippen LogP) is 13.6. The molecule has 8 nitrogen and oxygen atoms in total. The molecule has 0 aromatic rings. The zero-order valence-electron chi connectivity index (χ0n) is 35.7. The number of allylic oxidation sites excluding steroid dienone is 8. The van der Waals surface area contributed by atoms with E-state index in [1.54, 1.807) is 0 Å². The van der Waals surface area contributed by atoms with E-state index in [4.69, 9.17) is 24.3 Å². The van der Waals surface area contributed by atoms with Gasteiger partial charge >= 0.3 is 13.8 Å². The Morgan fingerprint density at radius 3 is 1.47 bits per heavy atom. The highest BCUT2D eigenvalue weighted by molar-refractivity contribution is 7.47. The Balaban J connectivity index is 3.99. The molecule has 0 aliphatic heterocycles. The Kier molecular flexibility index (Phi) is 42.4. The van der Waals surface area contributed by atoms with Crippen molar-refractivity contribution in [3.8, 4) is 0 Å². The number of phosphoric acid groups is 1. The zero-order valence-corrected chi connectivity index (χ0v) is 36.6. The molecule has 0 fully saturated rings. The van der Waals surface area contributed by atoms with Crippen LogP contribution in [0.15, 0.2) is 48.6 Å². The Bertz CT molecular complexity index is 983. The lowest BCUT2D eigenvalue weighted by Crippen LogP contribution is -2.28. The lowest BCUT2D eigenvalue weighted by Gasteiger charge is -2.20. The molecule has 0 saturated heterocycles. The molecule has 0 aliphatic carbocycles. The van der Waals surface area contributed by atoms with Crippen molar-refractivity contribution in [3.05, 3.63) is 48.6 Å². The van der Waals surface area contributed by atoms with Crippen LogP contribution in [-0.4, -0.2) is 49.9 Å². The summed E-state index contributed by atoms with van der Waals surface area (Å²) in [6.07, 6.45) is 51.3. The van der Waals surface area contributed by atoms with Crippen molar-refractivity contribution >= 4 is 13.8 Å². The van der Waals surface area contributed by atoms with E-state index in [1.165, 1.54) is 116 Å². The fraction of sp³-hybridized carbons (Fsp3) is 0.804. The molecule has 0 amide bonds. The van der Waals surface area contributed by atoms with Crippen molar-refractivity contribution in [2.75, 3.05) is 33.0 Å². The molecule has 2 atom stereocenters. The Hall–Kier alpha value is -1.54. The standard InChI is InChI=1S/C46H86NO7P/c1-3-5-7-9-11-13-15-17-19-20-21-22-23-24-25-26-28-30-32-34-36-38-41-51-43-45(44-53-55(49,50)52-42-40-47)54-46(48)39-37-35-33-31-29-27-18-16-14-12-10-8-6-4-2/h10,12,15-18,20-21,45H,3-9,11,13-14,19,22-44,47H2,1-2H3,(H,49,50)/b12-10-,17-15-,18-16-,21-20-. The van der Waals surface area contributed by atoms with E-state index < -0.39 is 13.9 Å². The topological polar surface area (TPSA) is 117 Å². The molecule has 55 heavy (non-hydrogen) atoms. The Morgan fingerprint density at radius 2 is 0.982 bits per heavy atom. The Labute approximate surface area is 339 Å². The second-order valence-electron chi connectivity index (χ2n) is 14.9. The van der Waals surface area contributed by atoms with E-state index in [2.05, 4.69) is 62.5 Å². The molecule has 0 aliphatic rings. The largest absolute Gasteiger partial charge is 0.472 e. The molecule has 0 radical (unpaired) electrons. The van der Waals surface area contributed by atoms with Crippen molar-refractivity contribution in [2.24, 2.45) is 5.73 Å². The number of carbonyl (C=O) groups excluding carboxylic acids is 1. The molecule has 0 spiro atoms. The number of carbonyl (C=O) groups is 1. The van der Waals surface area contributed by atoms with E-state index in [1.807, 2.05) is 0 Å². The van der Waals surface area contributed by atoms with Gasteiger partial charge in [-0.05, 0) is 70.6 Å². The normalized spacial score (nSPS) is 13.9. The minimum atomic E-state index is -4.28. The van der Waals surface area contributed by atoms with Crippen LogP contribution in [0.2, 0.25) is 0 Å². The molecule has 322 valence electrons. The van der Waals surface area contributed by atoms with Crippen molar-refractivity contribution in [1.82, 2.24) is 0 Å². The van der Waals surface area contributed by atoms with E-state index >= 15 is 0 Å². The fourth-order valence-electron chi connectivity index (χ4n) is 6.10. The third-order valence-electron chi connectivity index (χ3n) is 9.47. The average molecular weight is 796 g/mol. The van der Waals surface area contributed by atoms with Crippen LogP contribution in [0.4, 0.5) is 0 Å². The van der Waals surface area contributed by atoms with Crippen molar-refractivity contribution in [3.63, 3.8) is 0 Å². The summed E-state index contributed by atoms with van der Waals surface area (Å²) in [4.78, 5) is 22.5. The summed E-state index contributed by atoms with van der Waals surface area (Å²) in [5.74, 6) is -0.346. The van der Waals surface area contributed by atoms with Gasteiger partial charge in [-0.15, -0.1) is 0 Å². The van der Waals surface area contributed by atoms with Crippen LogP contribution in [0.1, 0.15) is 200 Å². The highest BCUT2D eigenvalue weighted by Crippen LogP contribution is 2.43. The number of esters is 1. The maximum atomic E-state index is 12.6. The molecule has 0 saturated carbocycles. The molecule has 2 unspecified atom stereocenters. The summed E-state index contributed by atoms with van der Waals surface area (Å²) >= 11 is 0. The highest BCUT2D eigenvalue weighted by Gasteiger charge is 2.25. The monoisotopic (exact) mass is 796 g/mol. The lowest BCUT2D eigenvalue weighted by molar-refractivity contribution is -0.154. The minimum absolute atomic E-state index is 0.0961. The van der Waals surface area contributed by atoms with Crippen LogP contribution in [-0.2, 0) is 27.9 Å². The first kappa shape index (κ1) is 53.5. The first-order valence-electron chi connectivity index (χ1n) is 22.6. The Morgan fingerprint density at radius 1 is 0.545 bits per heavy atom. The number of nitrogens with two attached hydrogens (primary N) is 1. The average Bonchev–Trinajstić information content (AvgIpc) is 3.17. The van der Waals surface area contributed by atoms with Crippen LogP contribution in [0, 0.1) is 0 Å². The molecular weight excluding hydrogens is 709 g/mol. The number of rotatable bonds is 43. The van der Waals surface area contributed by atoms with Gasteiger partial charge in [0.25, 0.3) is 0 Å². The molecular formula is C46H86NO7P. The van der Waals surface area contributed by atoms with Gasteiger partial charge in [-0.3, -0.25) is 13.8 Å². The predicted molar refractivity (Wildman–Crippen MR) is 233 cm³/mol. The SMILES string of the molecule is CCCC/C=C\C/C=C\CCCCCCCC(=O)OC(COCCCCCCCCCCCC/C=C\C/C=C\CCCCCCC)COP(=O)(O)OCCN. The van der Waals surface area contributed by atoms with Crippen LogP contribution in [0.25, 0.3) is 0 Å². The van der Waals surface area contributed by atoms with Gasteiger partial charge in [0.2, 0.25) is 0 Å². The molecule has 0 rings (SSSR count). The number of hydrogen-bond donors (Lipinski definition) is 2. The van der Waals surface area contributed by atoms with E-state index in [9.17, 15) is 14.3 Å². The number of phosphoric ester groups is 1. The maximum Gasteiger partial charge on any atom is 0.472 e. The van der Waals surface area contributed by atoms with Crippen LogP contribution >= 0.6 is 7.82 Å². The summed E-state index contributed by atoms with van der Waals surface area (Å²) < 4.78 is 33.4. The first-order valence-corrected chi connectivity index (χ1v) is 24.1. The van der Waals surface area contributed by atoms with Crippen molar-refractivity contribution in [1.29, 1.82) is 0 Å². The molecule has 0 aromatic carbocycles. The number of hydrogen-bond acceptors (Lipinski definition) is 7. The smallest absolute Gasteiger partial charge is 0.457 e. The molecule has 9 heteroatoms. The van der Waals surface area contributed by atoms with Gasteiger partial charge in [0, 0.05) is 19.6 Å². The van der Waals surface area contributed by atoms with Gasteiger partial charge in [-0.25, -0.2) is 4.57 Å². The summed E-state index contributed by atoms with van der Waals surface area (Å²) in [6, 6.07) is 0. The summed E-state index contributed by atoms with van der Waals surface area (Å²) in [5, 5.41) is 0. The van der Waals surface area contributed by atoms with Crippen LogP contribution in [0.3, 0.4) is 0 Å². The third kappa shape index (κ3) is 43.4. The van der Waals surface area contributed by atoms with Gasteiger partial charge in [-0.2, -0.15) is 0 Å². The van der Waals surface area contributed by atoms with E-state index in [0.717, 1.165) is 64.2 Å². The molecule has 0 heterocycles. The number of unbranched alkanes of at least 4 members (excludes halogenated alkanes) is 22. The first-order chi connectivity index (χ1) is 26.9. The van der Waals surface area contributed by atoms with Gasteiger partial charge in [-0.1, -0.05) is 172 Å². The summed E-state index contributed by atoms with van der Waals surface area (Å²) in [6.45, 7) is 4.85.